The topological polar surface area (TPSA) is 59.1 Å². The second-order valence-electron chi connectivity index (χ2n) is 3.89. The van der Waals surface area contributed by atoms with Gasteiger partial charge in [0.1, 0.15) is 13.2 Å². The van der Waals surface area contributed by atoms with Crippen molar-refractivity contribution in [3.8, 4) is 0 Å². The number of hydrogen-bond donors (Lipinski definition) is 0. The molecule has 0 amide bonds. The Morgan fingerprint density at radius 2 is 1.17 bits per heavy atom. The Balaban J connectivity index is 3.68. The van der Waals surface area contributed by atoms with Crippen LogP contribution in [0.4, 0.5) is 0 Å². The van der Waals surface area contributed by atoms with E-state index in [4.69, 9.17) is 9.47 Å². The van der Waals surface area contributed by atoms with E-state index in [2.05, 4.69) is 0 Å². The largest absolute Gasteiger partial charge is 0.459 e. The zero-order valence-electron chi connectivity index (χ0n) is 11.3. The zero-order valence-corrected chi connectivity index (χ0v) is 11.3. The van der Waals surface area contributed by atoms with Crippen molar-refractivity contribution in [2.75, 3.05) is 41.4 Å². The summed E-state index contributed by atoms with van der Waals surface area (Å²) in [4.78, 5) is 25.7. The Morgan fingerprint density at radius 1 is 0.833 bits per heavy atom. The van der Waals surface area contributed by atoms with Gasteiger partial charge in [-0.15, -0.1) is 0 Å². The highest BCUT2D eigenvalue weighted by Gasteiger charge is 2.00. The molecule has 0 aromatic rings. The molecule has 0 unspecified atom stereocenters. The van der Waals surface area contributed by atoms with Gasteiger partial charge in [-0.3, -0.25) is 0 Å². The van der Waals surface area contributed by atoms with Crippen LogP contribution >= 0.6 is 0 Å². The first-order chi connectivity index (χ1) is 8.41. The molecule has 0 rings (SSSR count). The van der Waals surface area contributed by atoms with Crippen LogP contribution in [0.15, 0.2) is 24.6 Å². The number of carbonyl (C=O) groups excluding carboxylic acids is 2. The SMILES string of the molecule is CN(C)/C=C/C(=O)OCCOC(=O)/C=C/N(C)C. The van der Waals surface area contributed by atoms with Crippen LogP contribution in [0.5, 0.6) is 0 Å². The summed E-state index contributed by atoms with van der Waals surface area (Å²) in [6.07, 6.45) is 5.75. The van der Waals surface area contributed by atoms with E-state index in [1.165, 1.54) is 12.2 Å². The number of carbonyl (C=O) groups is 2. The van der Waals surface area contributed by atoms with Crippen LogP contribution in [0.3, 0.4) is 0 Å². The van der Waals surface area contributed by atoms with E-state index in [1.54, 1.807) is 50.4 Å². The van der Waals surface area contributed by atoms with Crippen molar-refractivity contribution in [2.24, 2.45) is 0 Å². The summed E-state index contributed by atoms with van der Waals surface area (Å²) in [5.41, 5.74) is 0. The van der Waals surface area contributed by atoms with Crippen molar-refractivity contribution in [3.63, 3.8) is 0 Å². The number of esters is 2. The minimum absolute atomic E-state index is 0.0398. The Hall–Kier alpha value is -1.98. The smallest absolute Gasteiger partial charge is 0.332 e. The lowest BCUT2D eigenvalue weighted by Gasteiger charge is -2.05. The lowest BCUT2D eigenvalue weighted by molar-refractivity contribution is -0.146. The van der Waals surface area contributed by atoms with Crippen molar-refractivity contribution in [2.45, 2.75) is 0 Å². The first-order valence-corrected chi connectivity index (χ1v) is 5.44. The molecule has 0 aromatic carbocycles. The van der Waals surface area contributed by atoms with Gasteiger partial charge in [-0.25, -0.2) is 9.59 Å². The fraction of sp³-hybridized carbons (Fsp3) is 0.500. The molecule has 6 heteroatoms. The van der Waals surface area contributed by atoms with Crippen molar-refractivity contribution in [3.05, 3.63) is 24.6 Å². The van der Waals surface area contributed by atoms with Gasteiger partial charge in [0.05, 0.1) is 0 Å². The summed E-state index contributed by atoms with van der Waals surface area (Å²) in [6, 6.07) is 0. The van der Waals surface area contributed by atoms with E-state index in [0.29, 0.717) is 0 Å². The van der Waals surface area contributed by atoms with Crippen LogP contribution in [0.25, 0.3) is 0 Å². The molecule has 0 atom stereocenters. The van der Waals surface area contributed by atoms with Gasteiger partial charge in [0.25, 0.3) is 0 Å². The third kappa shape index (κ3) is 10.5. The third-order valence-electron chi connectivity index (χ3n) is 1.59. The minimum atomic E-state index is -0.469. The third-order valence-corrected chi connectivity index (χ3v) is 1.59. The lowest BCUT2D eigenvalue weighted by Crippen LogP contribution is -2.12. The summed E-state index contributed by atoms with van der Waals surface area (Å²) in [5, 5.41) is 0. The van der Waals surface area contributed by atoms with Gasteiger partial charge >= 0.3 is 11.9 Å². The summed E-state index contributed by atoms with van der Waals surface area (Å²) in [5.74, 6) is -0.938. The monoisotopic (exact) mass is 256 g/mol. The molecule has 6 nitrogen and oxygen atoms in total. The lowest BCUT2D eigenvalue weighted by atomic mass is 10.6. The van der Waals surface area contributed by atoms with Gasteiger partial charge in [0.2, 0.25) is 0 Å². The van der Waals surface area contributed by atoms with E-state index in [-0.39, 0.29) is 13.2 Å². The fourth-order valence-electron chi connectivity index (χ4n) is 0.801. The fourth-order valence-corrected chi connectivity index (χ4v) is 0.801. The van der Waals surface area contributed by atoms with Crippen LogP contribution in [-0.2, 0) is 19.1 Å². The molecule has 0 bridgehead atoms. The molecule has 18 heavy (non-hydrogen) atoms. The number of nitrogens with zero attached hydrogens (tertiary/aromatic N) is 2. The first kappa shape index (κ1) is 16.0. The van der Waals surface area contributed by atoms with Crippen molar-refractivity contribution in [1.82, 2.24) is 9.80 Å². The van der Waals surface area contributed by atoms with Gasteiger partial charge in [-0.05, 0) is 0 Å². The molecule has 0 saturated carbocycles. The second kappa shape index (κ2) is 9.09. The molecule has 0 heterocycles. The predicted octanol–water partition coefficient (Wildman–Crippen LogP) is 0.223. The number of rotatable bonds is 7. The summed E-state index contributed by atoms with van der Waals surface area (Å²) in [6.45, 7) is 0.0797. The van der Waals surface area contributed by atoms with Gasteiger partial charge < -0.3 is 19.3 Å². The highest BCUT2D eigenvalue weighted by Crippen LogP contribution is 1.87. The standard InChI is InChI=1S/C12H20N2O4/c1-13(2)7-5-11(15)17-9-10-18-12(16)6-8-14(3)4/h5-8H,9-10H2,1-4H3/b7-5+,8-6+. The van der Waals surface area contributed by atoms with Crippen LogP contribution in [-0.4, -0.2) is 63.1 Å². The quantitative estimate of drug-likeness (QED) is 0.369. The van der Waals surface area contributed by atoms with Gasteiger partial charge in [0.15, 0.2) is 0 Å². The van der Waals surface area contributed by atoms with E-state index < -0.39 is 11.9 Å². The van der Waals surface area contributed by atoms with Crippen LogP contribution in [0, 0.1) is 0 Å². The molecule has 0 radical (unpaired) electrons. The maximum absolute atomic E-state index is 11.1. The molecule has 0 aliphatic heterocycles. The van der Waals surface area contributed by atoms with E-state index in [9.17, 15) is 9.59 Å². The molecular weight excluding hydrogens is 236 g/mol. The molecule has 0 aliphatic carbocycles. The van der Waals surface area contributed by atoms with E-state index in [1.807, 2.05) is 0 Å². The molecule has 0 aliphatic rings. The molecule has 0 fully saturated rings. The molecule has 0 saturated heterocycles. The normalized spacial score (nSPS) is 10.7. The van der Waals surface area contributed by atoms with Crippen molar-refractivity contribution < 1.29 is 19.1 Å². The van der Waals surface area contributed by atoms with E-state index >= 15 is 0 Å². The maximum atomic E-state index is 11.1. The summed E-state index contributed by atoms with van der Waals surface area (Å²) >= 11 is 0. The van der Waals surface area contributed by atoms with Crippen molar-refractivity contribution >= 4 is 11.9 Å². The zero-order chi connectivity index (χ0) is 14.0. The van der Waals surface area contributed by atoms with Crippen molar-refractivity contribution in [1.29, 1.82) is 0 Å². The van der Waals surface area contributed by atoms with Gasteiger partial charge in [0, 0.05) is 52.7 Å². The van der Waals surface area contributed by atoms with E-state index in [0.717, 1.165) is 0 Å². The Bertz CT molecular complexity index is 290. The first-order valence-electron chi connectivity index (χ1n) is 5.44. The molecule has 102 valence electrons. The second-order valence-corrected chi connectivity index (χ2v) is 3.89. The number of ether oxygens (including phenoxy) is 2. The van der Waals surface area contributed by atoms with Crippen LogP contribution < -0.4 is 0 Å². The van der Waals surface area contributed by atoms with Crippen LogP contribution in [0.1, 0.15) is 0 Å². The van der Waals surface area contributed by atoms with Crippen LogP contribution in [0.2, 0.25) is 0 Å². The average molecular weight is 256 g/mol. The molecule has 0 aromatic heterocycles. The summed E-state index contributed by atoms with van der Waals surface area (Å²) < 4.78 is 9.61. The molecule has 0 spiro atoms. The highest BCUT2D eigenvalue weighted by atomic mass is 16.6. The average Bonchev–Trinajstić information content (AvgIpc) is 2.29. The minimum Gasteiger partial charge on any atom is -0.459 e. The Kier molecular flexibility index (Phi) is 8.09. The predicted molar refractivity (Wildman–Crippen MR) is 67.6 cm³/mol. The maximum Gasteiger partial charge on any atom is 0.332 e. The molecular formula is C12H20N2O4. The van der Waals surface area contributed by atoms with Gasteiger partial charge in [-0.1, -0.05) is 0 Å². The highest BCUT2D eigenvalue weighted by molar-refractivity contribution is 5.82. The molecule has 0 N–H and O–H groups in total. The summed E-state index contributed by atoms with van der Waals surface area (Å²) in [7, 11) is 7.18. The van der Waals surface area contributed by atoms with Gasteiger partial charge in [-0.2, -0.15) is 0 Å². The Morgan fingerprint density at radius 3 is 1.44 bits per heavy atom. The Labute approximate surface area is 107 Å². The number of hydrogen-bond acceptors (Lipinski definition) is 6.